The van der Waals surface area contributed by atoms with E-state index in [-0.39, 0.29) is 6.09 Å². The van der Waals surface area contributed by atoms with Crippen LogP contribution in [0.15, 0.2) is 24.3 Å². The normalized spacial score (nSPS) is 16.4. The molecule has 0 radical (unpaired) electrons. The predicted molar refractivity (Wildman–Crippen MR) is 75.0 cm³/mol. The molecular formula is C14H21N3O2. The number of anilines is 1. The molecule has 1 aliphatic heterocycles. The van der Waals surface area contributed by atoms with Crippen LogP contribution in [-0.2, 0) is 11.2 Å². The predicted octanol–water partition coefficient (Wildman–Crippen LogP) is 1.20. The number of amides is 1. The third kappa shape index (κ3) is 3.86. The van der Waals surface area contributed by atoms with Gasteiger partial charge in [0.1, 0.15) is 0 Å². The first-order valence-corrected chi connectivity index (χ1v) is 6.58. The summed E-state index contributed by atoms with van der Waals surface area (Å²) < 4.78 is 4.72. The summed E-state index contributed by atoms with van der Waals surface area (Å²) >= 11 is 0. The average Bonchev–Trinajstić information content (AvgIpc) is 2.45. The number of carbonyl (C=O) groups excluding carboxylic acids is 1. The monoisotopic (exact) mass is 263 g/mol. The molecule has 0 saturated carbocycles. The van der Waals surface area contributed by atoms with Crippen LogP contribution in [-0.4, -0.2) is 55.7 Å². The number of hydrogen-bond acceptors (Lipinski definition) is 4. The zero-order chi connectivity index (χ0) is 13.7. The van der Waals surface area contributed by atoms with E-state index >= 15 is 0 Å². The lowest BCUT2D eigenvalue weighted by molar-refractivity contribution is 0.0914. The summed E-state index contributed by atoms with van der Waals surface area (Å²) in [6.07, 6.45) is 0.763. The number of carbonyl (C=O) groups is 1. The smallest absolute Gasteiger partial charge is 0.409 e. The van der Waals surface area contributed by atoms with Crippen LogP contribution < -0.4 is 5.73 Å². The summed E-state index contributed by atoms with van der Waals surface area (Å²) in [5.74, 6) is 0. The summed E-state index contributed by atoms with van der Waals surface area (Å²) in [6.45, 7) is 4.28. The number of benzene rings is 1. The van der Waals surface area contributed by atoms with Crippen molar-refractivity contribution in [3.05, 3.63) is 29.8 Å². The lowest BCUT2D eigenvalue weighted by Gasteiger charge is -2.33. The second kappa shape index (κ2) is 6.43. The van der Waals surface area contributed by atoms with Gasteiger partial charge in [-0.15, -0.1) is 0 Å². The number of nitrogens with zero attached hydrogens (tertiary/aromatic N) is 2. The Labute approximate surface area is 113 Å². The van der Waals surface area contributed by atoms with Crippen molar-refractivity contribution in [3.63, 3.8) is 0 Å². The van der Waals surface area contributed by atoms with Crippen LogP contribution in [0, 0.1) is 0 Å². The van der Waals surface area contributed by atoms with Crippen LogP contribution in [0.4, 0.5) is 10.5 Å². The van der Waals surface area contributed by atoms with Gasteiger partial charge in [-0.25, -0.2) is 4.79 Å². The van der Waals surface area contributed by atoms with Gasteiger partial charge in [-0.2, -0.15) is 0 Å². The Bertz CT molecular complexity index is 428. The van der Waals surface area contributed by atoms with E-state index in [1.807, 2.05) is 18.2 Å². The van der Waals surface area contributed by atoms with E-state index in [1.54, 1.807) is 4.90 Å². The van der Waals surface area contributed by atoms with Crippen LogP contribution in [0.2, 0.25) is 0 Å². The van der Waals surface area contributed by atoms with Crippen molar-refractivity contribution in [1.82, 2.24) is 9.80 Å². The molecule has 2 N–H and O–H groups in total. The molecule has 19 heavy (non-hydrogen) atoms. The molecule has 1 fully saturated rings. The van der Waals surface area contributed by atoms with E-state index in [1.165, 1.54) is 12.7 Å². The highest BCUT2D eigenvalue weighted by Crippen LogP contribution is 2.09. The van der Waals surface area contributed by atoms with Crippen LogP contribution in [0.1, 0.15) is 5.56 Å². The van der Waals surface area contributed by atoms with E-state index in [9.17, 15) is 4.79 Å². The summed E-state index contributed by atoms with van der Waals surface area (Å²) in [7, 11) is 1.43. The van der Waals surface area contributed by atoms with Gasteiger partial charge in [0.05, 0.1) is 7.11 Å². The fraction of sp³-hybridized carbons (Fsp3) is 0.500. The Morgan fingerprint density at radius 2 is 2.05 bits per heavy atom. The van der Waals surface area contributed by atoms with E-state index in [2.05, 4.69) is 11.0 Å². The zero-order valence-electron chi connectivity index (χ0n) is 11.3. The number of rotatable bonds is 3. The number of nitrogens with two attached hydrogens (primary N) is 1. The fourth-order valence-electron chi connectivity index (χ4n) is 2.32. The zero-order valence-corrected chi connectivity index (χ0v) is 11.3. The van der Waals surface area contributed by atoms with Gasteiger partial charge >= 0.3 is 6.09 Å². The fourth-order valence-corrected chi connectivity index (χ4v) is 2.32. The van der Waals surface area contributed by atoms with Crippen molar-refractivity contribution < 1.29 is 9.53 Å². The van der Waals surface area contributed by atoms with E-state index < -0.39 is 0 Å². The average molecular weight is 263 g/mol. The van der Waals surface area contributed by atoms with Gasteiger partial charge in [-0.05, 0) is 24.1 Å². The van der Waals surface area contributed by atoms with Crippen molar-refractivity contribution >= 4 is 11.8 Å². The first-order chi connectivity index (χ1) is 9.19. The van der Waals surface area contributed by atoms with Crippen molar-refractivity contribution in [2.24, 2.45) is 0 Å². The lowest BCUT2D eigenvalue weighted by Crippen LogP contribution is -2.49. The van der Waals surface area contributed by atoms with Crippen molar-refractivity contribution in [2.75, 3.05) is 45.6 Å². The summed E-state index contributed by atoms with van der Waals surface area (Å²) in [4.78, 5) is 15.5. The van der Waals surface area contributed by atoms with Crippen LogP contribution in [0.5, 0.6) is 0 Å². The van der Waals surface area contributed by atoms with Gasteiger partial charge in [0, 0.05) is 38.4 Å². The van der Waals surface area contributed by atoms with E-state index in [0.29, 0.717) is 0 Å². The summed E-state index contributed by atoms with van der Waals surface area (Å²) in [5.41, 5.74) is 7.84. The van der Waals surface area contributed by atoms with Crippen LogP contribution in [0.3, 0.4) is 0 Å². The molecule has 0 unspecified atom stereocenters. The van der Waals surface area contributed by atoms with E-state index in [4.69, 9.17) is 10.5 Å². The molecule has 5 heteroatoms. The van der Waals surface area contributed by atoms with Gasteiger partial charge in [0.15, 0.2) is 0 Å². The first kappa shape index (κ1) is 13.7. The number of methoxy groups -OCH3 is 1. The number of ether oxygens (including phenoxy) is 1. The highest BCUT2D eigenvalue weighted by molar-refractivity contribution is 5.67. The number of hydrogen-bond donors (Lipinski definition) is 1. The molecule has 2 rings (SSSR count). The van der Waals surface area contributed by atoms with Crippen molar-refractivity contribution in [3.8, 4) is 0 Å². The molecule has 1 heterocycles. The Morgan fingerprint density at radius 3 is 2.68 bits per heavy atom. The van der Waals surface area contributed by atoms with Crippen LogP contribution >= 0.6 is 0 Å². The maximum Gasteiger partial charge on any atom is 0.409 e. The molecule has 1 saturated heterocycles. The van der Waals surface area contributed by atoms with Gasteiger partial charge in [-0.1, -0.05) is 12.1 Å². The third-order valence-corrected chi connectivity index (χ3v) is 3.47. The largest absolute Gasteiger partial charge is 0.453 e. The maximum atomic E-state index is 11.4. The van der Waals surface area contributed by atoms with Crippen LogP contribution in [0.25, 0.3) is 0 Å². The number of nitrogen functional groups attached to an aromatic ring is 1. The highest BCUT2D eigenvalue weighted by atomic mass is 16.5. The first-order valence-electron chi connectivity index (χ1n) is 6.58. The minimum absolute atomic E-state index is 0.226. The van der Waals surface area contributed by atoms with Gasteiger partial charge in [-0.3, -0.25) is 4.90 Å². The van der Waals surface area contributed by atoms with Gasteiger partial charge in [0.25, 0.3) is 0 Å². The Kier molecular flexibility index (Phi) is 4.63. The SMILES string of the molecule is COC(=O)N1CCN(CCc2cccc(N)c2)CC1. The van der Waals surface area contributed by atoms with Crippen molar-refractivity contribution in [1.29, 1.82) is 0 Å². The second-order valence-corrected chi connectivity index (χ2v) is 4.79. The number of piperazine rings is 1. The Hall–Kier alpha value is -1.75. The molecular weight excluding hydrogens is 242 g/mol. The van der Waals surface area contributed by atoms with Gasteiger partial charge < -0.3 is 15.4 Å². The maximum absolute atomic E-state index is 11.4. The minimum atomic E-state index is -0.226. The Morgan fingerprint density at radius 1 is 1.32 bits per heavy atom. The summed E-state index contributed by atoms with van der Waals surface area (Å²) in [5, 5.41) is 0. The molecule has 0 bridgehead atoms. The quantitative estimate of drug-likeness (QED) is 0.832. The van der Waals surface area contributed by atoms with E-state index in [0.717, 1.165) is 44.8 Å². The molecule has 1 amide bonds. The highest BCUT2D eigenvalue weighted by Gasteiger charge is 2.20. The second-order valence-electron chi connectivity index (χ2n) is 4.79. The Balaban J connectivity index is 1.75. The van der Waals surface area contributed by atoms with Crippen molar-refractivity contribution in [2.45, 2.75) is 6.42 Å². The molecule has 1 aromatic rings. The van der Waals surface area contributed by atoms with Gasteiger partial charge in [0.2, 0.25) is 0 Å². The molecule has 0 aliphatic carbocycles. The lowest BCUT2D eigenvalue weighted by atomic mass is 10.1. The third-order valence-electron chi connectivity index (χ3n) is 3.47. The topological polar surface area (TPSA) is 58.8 Å². The minimum Gasteiger partial charge on any atom is -0.453 e. The standard InChI is InChI=1S/C14H21N3O2/c1-19-14(18)17-9-7-16(8-10-17)6-5-12-3-2-4-13(15)11-12/h2-4,11H,5-10,15H2,1H3. The molecule has 0 spiro atoms. The summed E-state index contributed by atoms with van der Waals surface area (Å²) in [6, 6.07) is 8.00. The molecule has 1 aliphatic rings. The molecule has 1 aromatic carbocycles. The molecule has 5 nitrogen and oxygen atoms in total. The molecule has 0 atom stereocenters. The molecule has 104 valence electrons. The molecule has 0 aromatic heterocycles.